The van der Waals surface area contributed by atoms with Gasteiger partial charge in [-0.3, -0.25) is 4.79 Å². The zero-order valence-corrected chi connectivity index (χ0v) is 15.5. The lowest BCUT2D eigenvalue weighted by Gasteiger charge is -2.09. The van der Waals surface area contributed by atoms with Crippen LogP contribution in [0.5, 0.6) is 0 Å². The first-order valence-corrected chi connectivity index (χ1v) is 8.72. The Hall–Kier alpha value is -2.40. The van der Waals surface area contributed by atoms with Crippen LogP contribution in [0.2, 0.25) is 5.02 Å². The molecule has 1 N–H and O–H groups in total. The van der Waals surface area contributed by atoms with Crippen LogP contribution in [-0.2, 0) is 16.0 Å². The summed E-state index contributed by atoms with van der Waals surface area (Å²) < 4.78 is 17.9. The zero-order valence-electron chi connectivity index (χ0n) is 14.7. The quantitative estimate of drug-likeness (QED) is 0.738. The average Bonchev–Trinajstić information content (AvgIpc) is 2.60. The van der Waals surface area contributed by atoms with Gasteiger partial charge in [-0.25, -0.2) is 9.18 Å². The molecule has 2 aromatic rings. The number of carbonyl (C=O) groups excluding carboxylic acids is 2. The summed E-state index contributed by atoms with van der Waals surface area (Å²) in [6.45, 7) is 4.29. The van der Waals surface area contributed by atoms with E-state index in [-0.39, 0.29) is 10.6 Å². The minimum absolute atomic E-state index is 0.0195. The van der Waals surface area contributed by atoms with Crippen molar-refractivity contribution in [2.24, 2.45) is 0 Å². The summed E-state index contributed by atoms with van der Waals surface area (Å²) in [7, 11) is 0. The minimum atomic E-state index is -0.769. The monoisotopic (exact) mass is 377 g/mol. The minimum Gasteiger partial charge on any atom is -0.452 e. The average molecular weight is 378 g/mol. The molecule has 4 nitrogen and oxygen atoms in total. The molecule has 2 rings (SSSR count). The molecule has 0 aromatic heterocycles. The highest BCUT2D eigenvalue weighted by Crippen LogP contribution is 2.18. The van der Waals surface area contributed by atoms with Crippen molar-refractivity contribution in [3.05, 3.63) is 70.0 Å². The number of hydrogen-bond donors (Lipinski definition) is 1. The molecule has 0 heterocycles. The third kappa shape index (κ3) is 5.85. The second-order valence-corrected chi connectivity index (χ2v) is 6.60. The Morgan fingerprint density at radius 2 is 1.85 bits per heavy atom. The van der Waals surface area contributed by atoms with Crippen LogP contribution in [0.1, 0.15) is 41.3 Å². The molecular formula is C20H21ClFNO3. The summed E-state index contributed by atoms with van der Waals surface area (Å²) >= 11 is 5.78. The van der Waals surface area contributed by atoms with Gasteiger partial charge in [-0.05, 0) is 41.7 Å². The van der Waals surface area contributed by atoms with Crippen molar-refractivity contribution < 1.29 is 18.7 Å². The highest BCUT2D eigenvalue weighted by Gasteiger charge is 2.14. The second kappa shape index (κ2) is 9.34. The predicted molar refractivity (Wildman–Crippen MR) is 98.9 cm³/mol. The lowest BCUT2D eigenvalue weighted by Crippen LogP contribution is -2.30. The van der Waals surface area contributed by atoms with E-state index in [1.807, 2.05) is 12.1 Å². The van der Waals surface area contributed by atoms with E-state index in [9.17, 15) is 14.0 Å². The fourth-order valence-corrected chi connectivity index (χ4v) is 2.57. The first kappa shape index (κ1) is 19.9. The summed E-state index contributed by atoms with van der Waals surface area (Å²) in [6, 6.07) is 11.6. The zero-order chi connectivity index (χ0) is 19.1. The number of rotatable bonds is 7. The molecule has 0 radical (unpaired) electrons. The highest BCUT2D eigenvalue weighted by atomic mass is 35.5. The number of benzene rings is 2. The van der Waals surface area contributed by atoms with Gasteiger partial charge in [0.05, 0.1) is 10.6 Å². The van der Waals surface area contributed by atoms with Crippen LogP contribution in [-0.4, -0.2) is 25.0 Å². The molecule has 2 aromatic carbocycles. The number of carbonyl (C=O) groups is 2. The molecule has 26 heavy (non-hydrogen) atoms. The molecule has 0 aliphatic carbocycles. The molecule has 1 amide bonds. The van der Waals surface area contributed by atoms with Crippen LogP contribution < -0.4 is 5.32 Å². The Labute approximate surface area is 157 Å². The van der Waals surface area contributed by atoms with Gasteiger partial charge in [0.15, 0.2) is 6.61 Å². The van der Waals surface area contributed by atoms with Gasteiger partial charge in [0.2, 0.25) is 0 Å². The van der Waals surface area contributed by atoms with Crippen molar-refractivity contribution in [2.45, 2.75) is 26.2 Å². The Morgan fingerprint density at radius 3 is 2.46 bits per heavy atom. The smallest absolute Gasteiger partial charge is 0.340 e. The van der Waals surface area contributed by atoms with Gasteiger partial charge in [-0.1, -0.05) is 49.7 Å². The van der Waals surface area contributed by atoms with Gasteiger partial charge in [0.25, 0.3) is 5.91 Å². The lowest BCUT2D eigenvalue weighted by molar-refractivity contribution is -0.124. The Bertz CT molecular complexity index is 775. The Balaban J connectivity index is 1.74. The number of hydrogen-bond acceptors (Lipinski definition) is 3. The van der Waals surface area contributed by atoms with Crippen LogP contribution in [0.4, 0.5) is 4.39 Å². The molecule has 0 saturated heterocycles. The van der Waals surface area contributed by atoms with Crippen LogP contribution >= 0.6 is 11.6 Å². The summed E-state index contributed by atoms with van der Waals surface area (Å²) in [5.74, 6) is -1.25. The first-order chi connectivity index (χ1) is 12.4. The van der Waals surface area contributed by atoms with E-state index in [0.29, 0.717) is 18.9 Å². The van der Waals surface area contributed by atoms with Gasteiger partial charge in [-0.2, -0.15) is 0 Å². The summed E-state index contributed by atoms with van der Waals surface area (Å²) in [6.07, 6.45) is 0.682. The van der Waals surface area contributed by atoms with Crippen molar-refractivity contribution >= 4 is 23.5 Å². The van der Waals surface area contributed by atoms with Crippen molar-refractivity contribution in [3.8, 4) is 0 Å². The maximum atomic E-state index is 13.0. The molecule has 6 heteroatoms. The normalized spacial score (nSPS) is 10.7. The van der Waals surface area contributed by atoms with Crippen molar-refractivity contribution in [1.82, 2.24) is 5.32 Å². The van der Waals surface area contributed by atoms with Gasteiger partial charge < -0.3 is 10.1 Å². The fourth-order valence-electron chi connectivity index (χ4n) is 2.33. The van der Waals surface area contributed by atoms with Gasteiger partial charge in [0, 0.05) is 6.54 Å². The molecule has 138 valence electrons. The summed E-state index contributed by atoms with van der Waals surface area (Å²) in [5.41, 5.74) is 2.40. The molecule has 0 unspecified atom stereocenters. The number of halogens is 2. The van der Waals surface area contributed by atoms with Crippen molar-refractivity contribution in [1.29, 1.82) is 0 Å². The Morgan fingerprint density at radius 1 is 1.15 bits per heavy atom. The highest BCUT2D eigenvalue weighted by molar-refractivity contribution is 6.33. The van der Waals surface area contributed by atoms with E-state index in [4.69, 9.17) is 16.3 Å². The third-order valence-corrected chi connectivity index (χ3v) is 4.18. The number of esters is 1. The van der Waals surface area contributed by atoms with Crippen LogP contribution in [0.25, 0.3) is 0 Å². The number of amides is 1. The lowest BCUT2D eigenvalue weighted by atomic mass is 10.0. The number of nitrogens with one attached hydrogen (secondary N) is 1. The maximum absolute atomic E-state index is 13.0. The van der Waals surface area contributed by atoms with Gasteiger partial charge >= 0.3 is 5.97 Å². The van der Waals surface area contributed by atoms with Crippen LogP contribution in [0.3, 0.4) is 0 Å². The molecule has 0 bridgehead atoms. The SMILES string of the molecule is CC(C)c1ccc(CCNC(=O)COC(=O)c2ccc(F)cc2Cl)cc1. The topological polar surface area (TPSA) is 55.4 Å². The van der Waals surface area contributed by atoms with E-state index < -0.39 is 24.3 Å². The summed E-state index contributed by atoms with van der Waals surface area (Å²) in [4.78, 5) is 23.6. The predicted octanol–water partition coefficient (Wildman–Crippen LogP) is 4.12. The molecule has 0 aliphatic rings. The van der Waals surface area contributed by atoms with E-state index in [0.717, 1.165) is 17.7 Å². The van der Waals surface area contributed by atoms with E-state index in [1.165, 1.54) is 11.6 Å². The largest absolute Gasteiger partial charge is 0.452 e. The van der Waals surface area contributed by atoms with E-state index >= 15 is 0 Å². The van der Waals surface area contributed by atoms with Crippen molar-refractivity contribution in [2.75, 3.05) is 13.2 Å². The maximum Gasteiger partial charge on any atom is 0.340 e. The van der Waals surface area contributed by atoms with Gasteiger partial charge in [-0.15, -0.1) is 0 Å². The van der Waals surface area contributed by atoms with Crippen LogP contribution in [0, 0.1) is 5.82 Å². The fraction of sp³-hybridized carbons (Fsp3) is 0.300. The molecular weight excluding hydrogens is 357 g/mol. The van der Waals surface area contributed by atoms with Crippen molar-refractivity contribution in [3.63, 3.8) is 0 Å². The molecule has 0 atom stereocenters. The molecule has 0 aliphatic heterocycles. The molecule has 0 saturated carbocycles. The molecule has 0 spiro atoms. The van der Waals surface area contributed by atoms with E-state index in [2.05, 4.69) is 31.3 Å². The summed E-state index contributed by atoms with van der Waals surface area (Å²) in [5, 5.41) is 2.63. The number of ether oxygens (including phenoxy) is 1. The first-order valence-electron chi connectivity index (χ1n) is 8.34. The van der Waals surface area contributed by atoms with E-state index in [1.54, 1.807) is 0 Å². The standard InChI is InChI=1S/C20H21ClFNO3/c1-13(2)15-5-3-14(4-6-15)9-10-23-19(24)12-26-20(25)17-8-7-16(22)11-18(17)21/h3-8,11,13H,9-10,12H2,1-2H3,(H,23,24). The van der Waals surface area contributed by atoms with Gasteiger partial charge in [0.1, 0.15) is 5.82 Å². The molecule has 0 fully saturated rings. The van der Waals surface area contributed by atoms with Crippen LogP contribution in [0.15, 0.2) is 42.5 Å². The second-order valence-electron chi connectivity index (χ2n) is 6.20. The third-order valence-electron chi connectivity index (χ3n) is 3.87. The Kier molecular flexibility index (Phi) is 7.16.